The summed E-state index contributed by atoms with van der Waals surface area (Å²) in [5.74, 6) is 0.714. The number of aromatic nitrogens is 2. The van der Waals surface area contributed by atoms with Crippen LogP contribution >= 0.6 is 0 Å². The molecule has 0 unspecified atom stereocenters. The number of hydrogen-bond donors (Lipinski definition) is 2. The van der Waals surface area contributed by atoms with Crippen molar-refractivity contribution < 1.29 is 13.9 Å². The first-order chi connectivity index (χ1) is 11.7. The molecule has 3 aromatic rings. The molecule has 0 aliphatic rings. The largest absolute Gasteiger partial charge is 0.491 e. The Balaban J connectivity index is 1.81. The molecule has 0 aliphatic carbocycles. The van der Waals surface area contributed by atoms with Crippen molar-refractivity contribution in [3.05, 3.63) is 53.6 Å². The lowest BCUT2D eigenvalue weighted by molar-refractivity contribution is 0.102. The van der Waals surface area contributed by atoms with E-state index in [9.17, 15) is 9.18 Å². The van der Waals surface area contributed by atoms with Crippen molar-refractivity contribution in [2.75, 3.05) is 18.6 Å². The monoisotopic (exact) mass is 327 g/mol. The molecular formula is C18H18FN3O2. The van der Waals surface area contributed by atoms with Gasteiger partial charge in [-0.3, -0.25) is 9.89 Å². The average molecular weight is 327 g/mol. The number of carbonyl (C=O) groups is 1. The predicted molar refractivity (Wildman–Crippen MR) is 91.3 cm³/mol. The molecule has 0 bridgehead atoms. The topological polar surface area (TPSA) is 67.0 Å². The minimum atomic E-state index is -0.555. The quantitative estimate of drug-likeness (QED) is 0.725. The van der Waals surface area contributed by atoms with Gasteiger partial charge in [0.1, 0.15) is 19.0 Å². The van der Waals surface area contributed by atoms with E-state index >= 15 is 0 Å². The second kappa shape index (κ2) is 7.12. The average Bonchev–Trinajstić information content (AvgIpc) is 3.02. The first-order valence-electron chi connectivity index (χ1n) is 7.78. The van der Waals surface area contributed by atoms with Crippen LogP contribution in [0.5, 0.6) is 5.75 Å². The van der Waals surface area contributed by atoms with E-state index < -0.39 is 6.67 Å². The van der Waals surface area contributed by atoms with E-state index in [-0.39, 0.29) is 12.5 Å². The lowest BCUT2D eigenvalue weighted by Crippen LogP contribution is -2.12. The van der Waals surface area contributed by atoms with Gasteiger partial charge in [0.15, 0.2) is 5.82 Å². The maximum Gasteiger partial charge on any atom is 0.256 e. The van der Waals surface area contributed by atoms with E-state index in [1.807, 2.05) is 12.1 Å². The van der Waals surface area contributed by atoms with E-state index in [1.165, 1.54) is 5.56 Å². The Morgan fingerprint density at radius 2 is 2.04 bits per heavy atom. The normalized spacial score (nSPS) is 10.8. The first kappa shape index (κ1) is 16.0. The van der Waals surface area contributed by atoms with Crippen LogP contribution in [0.1, 0.15) is 22.8 Å². The third kappa shape index (κ3) is 3.37. The number of amides is 1. The number of halogens is 1. The first-order valence-corrected chi connectivity index (χ1v) is 7.78. The van der Waals surface area contributed by atoms with Gasteiger partial charge in [0, 0.05) is 10.9 Å². The minimum absolute atomic E-state index is 0.00513. The van der Waals surface area contributed by atoms with Crippen LogP contribution in [0.2, 0.25) is 0 Å². The molecule has 0 radical (unpaired) electrons. The second-order valence-corrected chi connectivity index (χ2v) is 5.32. The van der Waals surface area contributed by atoms with Gasteiger partial charge in [-0.2, -0.15) is 5.10 Å². The molecule has 0 aliphatic heterocycles. The molecule has 24 heavy (non-hydrogen) atoms. The standard InChI is InChI=1S/C18H18FN3O2/c1-2-12-3-5-13(6-4-12)18(23)20-17-15-11-14(24-10-9-19)7-8-16(15)21-22-17/h3-8,11H,2,9-10H2,1H3,(H2,20,21,22,23). The number of fused-ring (bicyclic) bond motifs is 1. The number of alkyl halides is 1. The van der Waals surface area contributed by atoms with Crippen LogP contribution in [-0.2, 0) is 6.42 Å². The predicted octanol–water partition coefficient (Wildman–Crippen LogP) is 3.73. The fraction of sp³-hybridized carbons (Fsp3) is 0.222. The summed E-state index contributed by atoms with van der Waals surface area (Å²) < 4.78 is 17.5. The Morgan fingerprint density at radius 1 is 1.25 bits per heavy atom. The number of nitrogens with one attached hydrogen (secondary N) is 2. The van der Waals surface area contributed by atoms with Crippen molar-refractivity contribution in [2.24, 2.45) is 0 Å². The van der Waals surface area contributed by atoms with Crippen LogP contribution in [0.3, 0.4) is 0 Å². The number of ether oxygens (including phenoxy) is 1. The van der Waals surface area contributed by atoms with Crippen molar-refractivity contribution in [1.29, 1.82) is 0 Å². The number of anilines is 1. The number of nitrogens with zero attached hydrogens (tertiary/aromatic N) is 1. The van der Waals surface area contributed by atoms with Crippen LogP contribution in [0, 0.1) is 0 Å². The number of hydrogen-bond acceptors (Lipinski definition) is 3. The van der Waals surface area contributed by atoms with Gasteiger partial charge in [-0.05, 0) is 42.3 Å². The smallest absolute Gasteiger partial charge is 0.256 e. The molecule has 6 heteroatoms. The van der Waals surface area contributed by atoms with Crippen molar-refractivity contribution in [3.8, 4) is 5.75 Å². The van der Waals surface area contributed by atoms with Gasteiger partial charge in [0.05, 0.1) is 5.52 Å². The number of benzene rings is 2. The van der Waals surface area contributed by atoms with Gasteiger partial charge in [0.2, 0.25) is 0 Å². The molecule has 5 nitrogen and oxygen atoms in total. The number of rotatable bonds is 6. The third-order valence-corrected chi connectivity index (χ3v) is 3.74. The Labute approximate surface area is 138 Å². The van der Waals surface area contributed by atoms with Crippen molar-refractivity contribution in [2.45, 2.75) is 13.3 Å². The minimum Gasteiger partial charge on any atom is -0.491 e. The second-order valence-electron chi connectivity index (χ2n) is 5.32. The summed E-state index contributed by atoms with van der Waals surface area (Å²) in [4.78, 5) is 12.4. The van der Waals surface area contributed by atoms with Gasteiger partial charge in [0.25, 0.3) is 5.91 Å². The van der Waals surface area contributed by atoms with Crippen LogP contribution in [0.15, 0.2) is 42.5 Å². The molecule has 2 N–H and O–H groups in total. The third-order valence-electron chi connectivity index (χ3n) is 3.74. The Kier molecular flexibility index (Phi) is 4.74. The van der Waals surface area contributed by atoms with E-state index in [2.05, 4.69) is 22.4 Å². The summed E-state index contributed by atoms with van der Waals surface area (Å²) in [6.07, 6.45) is 0.924. The number of H-pyrrole nitrogens is 1. The molecule has 0 fully saturated rings. The maximum absolute atomic E-state index is 12.4. The van der Waals surface area contributed by atoms with Gasteiger partial charge >= 0.3 is 0 Å². The van der Waals surface area contributed by atoms with E-state index in [0.29, 0.717) is 22.5 Å². The molecule has 1 amide bonds. The zero-order valence-corrected chi connectivity index (χ0v) is 13.3. The number of carbonyl (C=O) groups excluding carboxylic acids is 1. The molecule has 2 aromatic carbocycles. The lowest BCUT2D eigenvalue weighted by atomic mass is 10.1. The highest BCUT2D eigenvalue weighted by Crippen LogP contribution is 2.25. The van der Waals surface area contributed by atoms with Gasteiger partial charge in [-0.25, -0.2) is 4.39 Å². The number of aromatic amines is 1. The summed E-state index contributed by atoms with van der Waals surface area (Å²) in [6, 6.07) is 12.7. The summed E-state index contributed by atoms with van der Waals surface area (Å²) >= 11 is 0. The fourth-order valence-corrected chi connectivity index (χ4v) is 2.41. The Morgan fingerprint density at radius 3 is 2.75 bits per heavy atom. The molecule has 1 aromatic heterocycles. The molecule has 0 atom stereocenters. The van der Waals surface area contributed by atoms with E-state index in [0.717, 1.165) is 11.9 Å². The van der Waals surface area contributed by atoms with Gasteiger partial charge in [-0.1, -0.05) is 19.1 Å². The highest BCUT2D eigenvalue weighted by molar-refractivity contribution is 6.08. The molecule has 124 valence electrons. The van der Waals surface area contributed by atoms with Crippen molar-refractivity contribution in [3.63, 3.8) is 0 Å². The SMILES string of the molecule is CCc1ccc(C(=O)Nc2n[nH]c3ccc(OCCF)cc23)cc1. The highest BCUT2D eigenvalue weighted by atomic mass is 19.1. The van der Waals surface area contributed by atoms with E-state index in [4.69, 9.17) is 4.74 Å². The molecule has 1 heterocycles. The fourth-order valence-electron chi connectivity index (χ4n) is 2.41. The molecule has 0 spiro atoms. The zero-order valence-electron chi connectivity index (χ0n) is 13.3. The van der Waals surface area contributed by atoms with E-state index in [1.54, 1.807) is 30.3 Å². The van der Waals surface area contributed by atoms with Crippen LogP contribution in [0.4, 0.5) is 10.2 Å². The zero-order chi connectivity index (χ0) is 16.9. The highest BCUT2D eigenvalue weighted by Gasteiger charge is 2.12. The van der Waals surface area contributed by atoms with Crippen LogP contribution < -0.4 is 10.1 Å². The molecule has 0 saturated heterocycles. The molecule has 3 rings (SSSR count). The summed E-state index contributed by atoms with van der Waals surface area (Å²) in [6.45, 7) is 1.50. The van der Waals surface area contributed by atoms with Crippen molar-refractivity contribution >= 4 is 22.6 Å². The van der Waals surface area contributed by atoms with Gasteiger partial charge in [-0.15, -0.1) is 0 Å². The Bertz CT molecular complexity index is 843. The van der Waals surface area contributed by atoms with Gasteiger partial charge < -0.3 is 10.1 Å². The maximum atomic E-state index is 12.4. The van der Waals surface area contributed by atoms with Crippen LogP contribution in [0.25, 0.3) is 10.9 Å². The van der Waals surface area contributed by atoms with Crippen molar-refractivity contribution in [1.82, 2.24) is 10.2 Å². The summed E-state index contributed by atoms with van der Waals surface area (Å²) in [5, 5.41) is 10.5. The molecular weight excluding hydrogens is 309 g/mol. The molecule has 0 saturated carbocycles. The number of aryl methyl sites for hydroxylation is 1. The van der Waals surface area contributed by atoms with Crippen LogP contribution in [-0.4, -0.2) is 29.4 Å². The summed E-state index contributed by atoms with van der Waals surface area (Å²) in [5.41, 5.74) is 2.50. The Hall–Kier alpha value is -2.89. The summed E-state index contributed by atoms with van der Waals surface area (Å²) in [7, 11) is 0. The lowest BCUT2D eigenvalue weighted by Gasteiger charge is -2.05.